The number of aromatic hydroxyl groups is 1. The molecule has 1 unspecified atom stereocenters. The van der Waals surface area contributed by atoms with Crippen molar-refractivity contribution in [1.82, 2.24) is 0 Å². The minimum absolute atomic E-state index is 0.159. The molecule has 0 heterocycles. The van der Waals surface area contributed by atoms with E-state index in [4.69, 9.17) is 14.7 Å². The summed E-state index contributed by atoms with van der Waals surface area (Å²) in [7, 11) is 0. The predicted octanol–water partition coefficient (Wildman–Crippen LogP) is 5.66. The van der Waals surface area contributed by atoms with Crippen LogP contribution in [0.25, 0.3) is 0 Å². The number of phenols is 1. The van der Waals surface area contributed by atoms with Crippen molar-refractivity contribution in [3.05, 3.63) is 50.4 Å². The lowest BCUT2D eigenvalue weighted by Crippen LogP contribution is -2.17. The minimum atomic E-state index is -1.09. The molecule has 0 fully saturated rings. The summed E-state index contributed by atoms with van der Waals surface area (Å²) >= 11 is 6.92. The van der Waals surface area contributed by atoms with Gasteiger partial charge in [0.15, 0.2) is 5.75 Å². The first kappa shape index (κ1) is 21.2. The van der Waals surface area contributed by atoms with Crippen LogP contribution in [0.15, 0.2) is 44.4 Å². The van der Waals surface area contributed by atoms with Gasteiger partial charge in [0.25, 0.3) is 0 Å². The molecule has 0 bridgehead atoms. The van der Waals surface area contributed by atoms with Gasteiger partial charge in [-0.1, -0.05) is 19.0 Å². The quantitative estimate of drug-likeness (QED) is 0.378. The van der Waals surface area contributed by atoms with Gasteiger partial charge in [0.05, 0.1) is 15.2 Å². The van der Waals surface area contributed by atoms with E-state index >= 15 is 0 Å². The van der Waals surface area contributed by atoms with Crippen LogP contribution < -0.4 is 4.74 Å². The third kappa shape index (κ3) is 5.71. The van der Waals surface area contributed by atoms with E-state index in [1.807, 2.05) is 13.8 Å². The van der Waals surface area contributed by atoms with Crippen LogP contribution in [0.5, 0.6) is 17.2 Å². The maximum absolute atomic E-state index is 10.7. The maximum Gasteiger partial charge on any atom is 0.347 e. The molecule has 0 aliphatic rings. The molecule has 2 rings (SSSR count). The maximum atomic E-state index is 10.7. The van der Waals surface area contributed by atoms with Crippen molar-refractivity contribution in [2.24, 2.45) is 5.16 Å². The smallest absolute Gasteiger partial charge is 0.347 e. The highest BCUT2D eigenvalue weighted by atomic mass is 79.9. The van der Waals surface area contributed by atoms with E-state index in [0.717, 1.165) is 5.56 Å². The van der Waals surface area contributed by atoms with E-state index in [1.54, 1.807) is 30.3 Å². The lowest BCUT2D eigenvalue weighted by Gasteiger charge is -2.14. The Labute approximate surface area is 174 Å². The number of nitrogens with zero attached hydrogens (tertiary/aromatic N) is 1. The number of carboxylic acid groups (broad SMARTS) is 1. The highest BCUT2D eigenvalue weighted by Gasteiger charge is 2.13. The lowest BCUT2D eigenvalue weighted by atomic mass is 10.0. The number of oxime groups is 1. The molecule has 0 saturated heterocycles. The SMILES string of the molecule is CC(ON=Cc1cc(Br)c(Oc2ccc(O)c(C(C)C)c2)c(Br)c1)C(=O)O. The van der Waals surface area contributed by atoms with Crippen molar-refractivity contribution in [1.29, 1.82) is 0 Å². The molecular weight excluding hydrogens is 482 g/mol. The summed E-state index contributed by atoms with van der Waals surface area (Å²) in [4.78, 5) is 15.6. The normalized spacial score (nSPS) is 12.4. The Morgan fingerprint density at radius 2 is 1.78 bits per heavy atom. The number of carbonyl (C=O) groups is 1. The Kier molecular flexibility index (Phi) is 7.26. The molecule has 8 heteroatoms. The largest absolute Gasteiger partial charge is 0.508 e. The van der Waals surface area contributed by atoms with E-state index in [-0.39, 0.29) is 11.7 Å². The standard InChI is InChI=1S/C19H19Br2NO5/c1-10(2)14-8-13(4-5-17(14)23)26-18-15(20)6-12(7-16(18)21)9-22-27-11(3)19(24)25/h4-11,23H,1-3H3,(H,24,25). The molecule has 0 amide bonds. The fourth-order valence-electron chi connectivity index (χ4n) is 2.16. The molecular formula is C19H19Br2NO5. The second-order valence-electron chi connectivity index (χ2n) is 6.11. The summed E-state index contributed by atoms with van der Waals surface area (Å²) in [5.74, 6) is 0.461. The zero-order chi connectivity index (χ0) is 20.1. The monoisotopic (exact) mass is 499 g/mol. The van der Waals surface area contributed by atoms with Crippen molar-refractivity contribution in [3.8, 4) is 17.2 Å². The number of hydrogen-bond acceptors (Lipinski definition) is 5. The summed E-state index contributed by atoms with van der Waals surface area (Å²) in [6, 6.07) is 8.63. The number of phenolic OH excluding ortho intramolecular Hbond substituents is 1. The zero-order valence-corrected chi connectivity index (χ0v) is 18.1. The molecule has 1 atom stereocenters. The number of aliphatic carboxylic acids is 1. The minimum Gasteiger partial charge on any atom is -0.508 e. The molecule has 0 aliphatic carbocycles. The van der Waals surface area contributed by atoms with Crippen LogP contribution in [-0.2, 0) is 9.63 Å². The van der Waals surface area contributed by atoms with Crippen LogP contribution in [0, 0.1) is 0 Å². The van der Waals surface area contributed by atoms with Crippen molar-refractivity contribution < 1.29 is 24.6 Å². The van der Waals surface area contributed by atoms with Crippen LogP contribution in [0.4, 0.5) is 0 Å². The molecule has 2 aromatic carbocycles. The summed E-state index contributed by atoms with van der Waals surface area (Å²) in [6.45, 7) is 5.38. The molecule has 0 saturated carbocycles. The molecule has 27 heavy (non-hydrogen) atoms. The van der Waals surface area contributed by atoms with Gasteiger partial charge in [-0.2, -0.15) is 0 Å². The Hall–Kier alpha value is -2.06. The van der Waals surface area contributed by atoms with Crippen molar-refractivity contribution >= 4 is 44.0 Å². The average Bonchev–Trinajstić information content (AvgIpc) is 2.59. The molecule has 6 nitrogen and oxygen atoms in total. The number of carboxylic acids is 1. The summed E-state index contributed by atoms with van der Waals surface area (Å²) in [6.07, 6.45) is 0.385. The van der Waals surface area contributed by atoms with Crippen LogP contribution in [-0.4, -0.2) is 28.5 Å². The number of ether oxygens (including phenoxy) is 1. The molecule has 2 N–H and O–H groups in total. The molecule has 0 radical (unpaired) electrons. The summed E-state index contributed by atoms with van der Waals surface area (Å²) in [5.41, 5.74) is 1.49. The van der Waals surface area contributed by atoms with Gasteiger partial charge in [-0.15, -0.1) is 0 Å². The lowest BCUT2D eigenvalue weighted by molar-refractivity contribution is -0.149. The van der Waals surface area contributed by atoms with Gasteiger partial charge in [0.1, 0.15) is 11.5 Å². The van der Waals surface area contributed by atoms with Crippen molar-refractivity contribution in [3.63, 3.8) is 0 Å². The first-order chi connectivity index (χ1) is 12.7. The van der Waals surface area contributed by atoms with Gasteiger partial charge < -0.3 is 19.8 Å². The topological polar surface area (TPSA) is 88.4 Å². The first-order valence-corrected chi connectivity index (χ1v) is 9.69. The van der Waals surface area contributed by atoms with E-state index in [9.17, 15) is 9.90 Å². The Balaban J connectivity index is 2.21. The fourth-order valence-corrected chi connectivity index (χ4v) is 3.54. The summed E-state index contributed by atoms with van der Waals surface area (Å²) in [5, 5.41) is 22.4. The Morgan fingerprint density at radius 1 is 1.15 bits per heavy atom. The second kappa shape index (κ2) is 9.23. The van der Waals surface area contributed by atoms with Crippen molar-refractivity contribution in [2.45, 2.75) is 32.8 Å². The van der Waals surface area contributed by atoms with Crippen molar-refractivity contribution in [2.75, 3.05) is 0 Å². The Bertz CT molecular complexity index is 844. The molecule has 2 aromatic rings. The zero-order valence-electron chi connectivity index (χ0n) is 14.9. The van der Waals surface area contributed by atoms with Crippen LogP contribution in [0.1, 0.15) is 37.8 Å². The number of benzene rings is 2. The number of halogens is 2. The highest BCUT2D eigenvalue weighted by molar-refractivity contribution is 9.11. The second-order valence-corrected chi connectivity index (χ2v) is 7.82. The van der Waals surface area contributed by atoms with Gasteiger partial charge in [-0.3, -0.25) is 0 Å². The molecule has 0 aliphatic heterocycles. The van der Waals surface area contributed by atoms with E-state index < -0.39 is 12.1 Å². The fraction of sp³-hybridized carbons (Fsp3) is 0.263. The van der Waals surface area contributed by atoms with Gasteiger partial charge in [-0.05, 0) is 80.6 Å². The predicted molar refractivity (Wildman–Crippen MR) is 110 cm³/mol. The number of rotatable bonds is 7. The van der Waals surface area contributed by atoms with Crippen LogP contribution in [0.3, 0.4) is 0 Å². The molecule has 0 aromatic heterocycles. The molecule has 0 spiro atoms. The van der Waals surface area contributed by atoms with E-state index in [1.165, 1.54) is 13.1 Å². The van der Waals surface area contributed by atoms with Gasteiger partial charge >= 0.3 is 5.97 Å². The Morgan fingerprint density at radius 3 is 2.33 bits per heavy atom. The highest BCUT2D eigenvalue weighted by Crippen LogP contribution is 2.39. The molecule has 144 valence electrons. The third-order valence-electron chi connectivity index (χ3n) is 3.63. The average molecular weight is 501 g/mol. The first-order valence-electron chi connectivity index (χ1n) is 8.10. The summed E-state index contributed by atoms with van der Waals surface area (Å²) < 4.78 is 7.30. The van der Waals surface area contributed by atoms with Crippen LogP contribution >= 0.6 is 31.9 Å². The van der Waals surface area contributed by atoms with E-state index in [2.05, 4.69) is 37.0 Å². The number of hydrogen-bond donors (Lipinski definition) is 2. The van der Waals surface area contributed by atoms with Gasteiger partial charge in [0.2, 0.25) is 6.10 Å². The van der Waals surface area contributed by atoms with Crippen LogP contribution in [0.2, 0.25) is 0 Å². The van der Waals surface area contributed by atoms with E-state index in [0.29, 0.717) is 26.0 Å². The van der Waals surface area contributed by atoms with Gasteiger partial charge in [0, 0.05) is 5.56 Å². The third-order valence-corrected chi connectivity index (χ3v) is 4.81. The van der Waals surface area contributed by atoms with Gasteiger partial charge in [-0.25, -0.2) is 4.79 Å².